The molecule has 3 aromatic rings. The van der Waals surface area contributed by atoms with Crippen molar-refractivity contribution in [1.82, 2.24) is 9.97 Å². The van der Waals surface area contributed by atoms with Crippen LogP contribution in [0.4, 0.5) is 10.5 Å². The fourth-order valence-corrected chi connectivity index (χ4v) is 2.32. The Morgan fingerprint density at radius 2 is 2.17 bits per heavy atom. The van der Waals surface area contributed by atoms with Gasteiger partial charge in [-0.3, -0.25) is 14.9 Å². The third kappa shape index (κ3) is 2.48. The van der Waals surface area contributed by atoms with E-state index in [1.807, 2.05) is 0 Å². The molecule has 9 heteroatoms. The van der Waals surface area contributed by atoms with Gasteiger partial charge in [0.05, 0.1) is 16.9 Å². The number of ether oxygens (including phenoxy) is 2. The molecular weight excluding hydrogens is 306 g/mol. The lowest BCUT2D eigenvalue weighted by atomic mass is 10.1. The van der Waals surface area contributed by atoms with Crippen molar-refractivity contribution in [3.63, 3.8) is 0 Å². The molecule has 0 saturated heterocycles. The second kappa shape index (κ2) is 5.44. The smallest absolute Gasteiger partial charge is 0.434 e. The second-order valence-corrected chi connectivity index (χ2v) is 4.63. The number of carbonyl (C=O) groups excluding carboxylic acids is 1. The van der Waals surface area contributed by atoms with Gasteiger partial charge in [0.25, 0.3) is 11.2 Å². The van der Waals surface area contributed by atoms with Crippen LogP contribution in [0.25, 0.3) is 21.8 Å². The largest absolute Gasteiger partial charge is 0.513 e. The number of non-ortho nitro benzene ring substituents is 1. The Labute approximate surface area is 128 Å². The molecule has 0 radical (unpaired) electrons. The van der Waals surface area contributed by atoms with Crippen molar-refractivity contribution in [2.24, 2.45) is 0 Å². The number of fused-ring (bicyclic) bond motifs is 3. The average molecular weight is 317 g/mol. The van der Waals surface area contributed by atoms with Crippen LogP contribution in [0.1, 0.15) is 6.92 Å². The predicted octanol–water partition coefficient (Wildman–Crippen LogP) is 2.45. The summed E-state index contributed by atoms with van der Waals surface area (Å²) in [4.78, 5) is 39.3. The van der Waals surface area contributed by atoms with E-state index in [-0.39, 0.29) is 28.9 Å². The number of pyridine rings is 1. The van der Waals surface area contributed by atoms with Gasteiger partial charge >= 0.3 is 6.16 Å². The molecule has 0 fully saturated rings. The molecule has 118 valence electrons. The van der Waals surface area contributed by atoms with Gasteiger partial charge in [-0.2, -0.15) is 0 Å². The fraction of sp³-hybridized carbons (Fsp3) is 0.143. The molecule has 9 nitrogen and oxygen atoms in total. The van der Waals surface area contributed by atoms with Crippen molar-refractivity contribution in [2.45, 2.75) is 6.92 Å². The standard InChI is InChI=1S/C14H11N3O6/c1-2-22-14(19)23-10-6-15-12-11(10)8-5-7(17(20)21)3-4-9(8)16-13(12)18/h3-6,15H,2H2,1H3,(H,16,18). The lowest BCUT2D eigenvalue weighted by Crippen LogP contribution is -2.10. The molecule has 0 aliphatic rings. The Kier molecular flexibility index (Phi) is 3.45. The number of nitro benzene ring substituents is 1. The number of aromatic amines is 2. The predicted molar refractivity (Wildman–Crippen MR) is 80.7 cm³/mol. The van der Waals surface area contributed by atoms with Gasteiger partial charge in [0.1, 0.15) is 5.52 Å². The van der Waals surface area contributed by atoms with Crippen LogP contribution in [-0.4, -0.2) is 27.7 Å². The number of nitrogens with one attached hydrogen (secondary N) is 2. The summed E-state index contributed by atoms with van der Waals surface area (Å²) < 4.78 is 9.76. The van der Waals surface area contributed by atoms with Crippen molar-refractivity contribution in [3.8, 4) is 5.75 Å². The molecule has 23 heavy (non-hydrogen) atoms. The van der Waals surface area contributed by atoms with E-state index >= 15 is 0 Å². The Morgan fingerprint density at radius 1 is 1.39 bits per heavy atom. The van der Waals surface area contributed by atoms with E-state index in [2.05, 4.69) is 9.97 Å². The van der Waals surface area contributed by atoms with Gasteiger partial charge < -0.3 is 19.4 Å². The summed E-state index contributed by atoms with van der Waals surface area (Å²) in [7, 11) is 0. The molecule has 0 atom stereocenters. The first-order valence-electron chi connectivity index (χ1n) is 6.67. The van der Waals surface area contributed by atoms with Crippen LogP contribution in [0.3, 0.4) is 0 Å². The SMILES string of the molecule is CCOC(=O)Oc1c[nH]c2c(=O)[nH]c3ccc([N+](=O)[O-])cc3c12. The summed E-state index contributed by atoms with van der Waals surface area (Å²) in [6, 6.07) is 4.01. The van der Waals surface area contributed by atoms with Crippen molar-refractivity contribution in [3.05, 3.63) is 44.9 Å². The fourth-order valence-electron chi connectivity index (χ4n) is 2.32. The van der Waals surface area contributed by atoms with E-state index in [4.69, 9.17) is 9.47 Å². The Hall–Kier alpha value is -3.36. The maximum atomic E-state index is 12.0. The van der Waals surface area contributed by atoms with Crippen molar-refractivity contribution >= 4 is 33.6 Å². The molecule has 0 unspecified atom stereocenters. The number of aromatic nitrogens is 2. The minimum atomic E-state index is -0.924. The van der Waals surface area contributed by atoms with E-state index in [1.54, 1.807) is 6.92 Å². The average Bonchev–Trinajstić information content (AvgIpc) is 2.92. The van der Waals surface area contributed by atoms with Crippen LogP contribution >= 0.6 is 0 Å². The minimum Gasteiger partial charge on any atom is -0.434 e. The number of rotatable bonds is 3. The molecular formula is C14H11N3O6. The number of H-pyrrole nitrogens is 2. The number of carbonyl (C=O) groups is 1. The highest BCUT2D eigenvalue weighted by atomic mass is 16.7. The second-order valence-electron chi connectivity index (χ2n) is 4.63. The zero-order chi connectivity index (χ0) is 16.6. The van der Waals surface area contributed by atoms with Gasteiger partial charge in [-0.15, -0.1) is 0 Å². The first kappa shape index (κ1) is 14.6. The Bertz CT molecular complexity index is 987. The van der Waals surface area contributed by atoms with Crippen molar-refractivity contribution in [1.29, 1.82) is 0 Å². The van der Waals surface area contributed by atoms with Gasteiger partial charge in [-0.25, -0.2) is 4.79 Å². The molecule has 1 aromatic carbocycles. The zero-order valence-electron chi connectivity index (χ0n) is 11.9. The van der Waals surface area contributed by atoms with Crippen LogP contribution < -0.4 is 10.3 Å². The summed E-state index contributed by atoms with van der Waals surface area (Å²) in [5.41, 5.74) is -0.0344. The highest BCUT2D eigenvalue weighted by Gasteiger charge is 2.18. The maximum absolute atomic E-state index is 12.0. The summed E-state index contributed by atoms with van der Waals surface area (Å²) in [5.74, 6) is 0.0649. The zero-order valence-corrected chi connectivity index (χ0v) is 11.9. The van der Waals surface area contributed by atoms with Crippen LogP contribution in [-0.2, 0) is 4.74 Å². The van der Waals surface area contributed by atoms with Crippen LogP contribution in [0.2, 0.25) is 0 Å². The molecule has 2 N–H and O–H groups in total. The molecule has 0 spiro atoms. The third-order valence-electron chi connectivity index (χ3n) is 3.26. The molecule has 3 rings (SSSR count). The molecule has 0 saturated carbocycles. The summed E-state index contributed by atoms with van der Waals surface area (Å²) in [6.45, 7) is 1.76. The maximum Gasteiger partial charge on any atom is 0.513 e. The van der Waals surface area contributed by atoms with E-state index in [1.165, 1.54) is 24.4 Å². The number of nitro groups is 1. The molecule has 0 aliphatic carbocycles. The van der Waals surface area contributed by atoms with Gasteiger partial charge in [0.15, 0.2) is 5.75 Å². The quantitative estimate of drug-likeness (QED) is 0.434. The normalized spacial score (nSPS) is 10.8. The van der Waals surface area contributed by atoms with Gasteiger partial charge in [-0.1, -0.05) is 0 Å². The van der Waals surface area contributed by atoms with E-state index in [0.717, 1.165) is 0 Å². The van der Waals surface area contributed by atoms with Crippen LogP contribution in [0.5, 0.6) is 5.75 Å². The molecule has 0 amide bonds. The molecule has 2 heterocycles. The van der Waals surface area contributed by atoms with Gasteiger partial charge in [0, 0.05) is 29.2 Å². The molecule has 2 aromatic heterocycles. The number of hydrogen-bond donors (Lipinski definition) is 2. The van der Waals surface area contributed by atoms with Crippen LogP contribution in [0, 0.1) is 10.1 Å². The topological polar surface area (TPSA) is 127 Å². The van der Waals surface area contributed by atoms with Crippen LogP contribution in [0.15, 0.2) is 29.2 Å². The lowest BCUT2D eigenvalue weighted by Gasteiger charge is -2.04. The number of hydrogen-bond acceptors (Lipinski definition) is 6. The highest BCUT2D eigenvalue weighted by Crippen LogP contribution is 2.32. The number of benzene rings is 1. The monoisotopic (exact) mass is 317 g/mol. The number of nitrogens with zero attached hydrogens (tertiary/aromatic N) is 1. The summed E-state index contributed by atoms with van der Waals surface area (Å²) >= 11 is 0. The molecule has 0 aliphatic heterocycles. The lowest BCUT2D eigenvalue weighted by molar-refractivity contribution is -0.384. The van der Waals surface area contributed by atoms with E-state index < -0.39 is 16.6 Å². The Morgan fingerprint density at radius 3 is 2.87 bits per heavy atom. The van der Waals surface area contributed by atoms with Gasteiger partial charge in [-0.05, 0) is 13.0 Å². The summed E-state index contributed by atoms with van der Waals surface area (Å²) in [5, 5.41) is 11.6. The van der Waals surface area contributed by atoms with Crippen molar-refractivity contribution < 1.29 is 19.2 Å². The third-order valence-corrected chi connectivity index (χ3v) is 3.26. The van der Waals surface area contributed by atoms with E-state index in [9.17, 15) is 19.7 Å². The molecule has 0 bridgehead atoms. The first-order chi connectivity index (χ1) is 11.0. The minimum absolute atomic E-state index is 0.0649. The van der Waals surface area contributed by atoms with Crippen molar-refractivity contribution in [2.75, 3.05) is 6.61 Å². The summed E-state index contributed by atoms with van der Waals surface area (Å²) in [6.07, 6.45) is 0.405. The highest BCUT2D eigenvalue weighted by molar-refractivity contribution is 6.09. The Balaban J connectivity index is 2.28. The van der Waals surface area contributed by atoms with E-state index in [0.29, 0.717) is 10.9 Å². The van der Waals surface area contributed by atoms with Gasteiger partial charge in [0.2, 0.25) is 0 Å². The first-order valence-corrected chi connectivity index (χ1v) is 6.67.